The van der Waals surface area contributed by atoms with Gasteiger partial charge in [0.05, 0.1) is 12.1 Å². The molecule has 1 aromatic heterocycles. The summed E-state index contributed by atoms with van der Waals surface area (Å²) >= 11 is 0. The van der Waals surface area contributed by atoms with Crippen LogP contribution in [-0.2, 0) is 11.2 Å². The molecular formula is C15H14N2O4. The number of hydrogen-bond acceptors (Lipinski definition) is 4. The highest BCUT2D eigenvalue weighted by Crippen LogP contribution is 2.40. The second kappa shape index (κ2) is 5.40. The average Bonchev–Trinajstić information content (AvgIpc) is 3.15. The van der Waals surface area contributed by atoms with Crippen molar-refractivity contribution < 1.29 is 19.2 Å². The third-order valence-corrected chi connectivity index (χ3v) is 3.35. The number of carboxylic acid groups (broad SMARTS) is 1. The number of hydrogen-bond donors (Lipinski definition) is 2. The Hall–Kier alpha value is -2.63. The van der Waals surface area contributed by atoms with E-state index in [1.807, 2.05) is 0 Å². The van der Waals surface area contributed by atoms with Gasteiger partial charge in [-0.25, -0.2) is 0 Å². The maximum absolute atomic E-state index is 12.2. The number of carboxylic acids is 1. The fraction of sp³-hybridized carbons (Fsp3) is 0.267. The Bertz CT molecular complexity index is 688. The maximum atomic E-state index is 12.2. The van der Waals surface area contributed by atoms with Crippen LogP contribution < -0.4 is 5.32 Å². The molecule has 1 aromatic carbocycles. The van der Waals surface area contributed by atoms with Gasteiger partial charge in [-0.2, -0.15) is 0 Å². The molecule has 1 saturated carbocycles. The number of nitrogens with zero attached hydrogens (tertiary/aromatic N) is 1. The molecule has 0 unspecified atom stereocenters. The summed E-state index contributed by atoms with van der Waals surface area (Å²) in [5, 5.41) is 15.4. The lowest BCUT2D eigenvalue weighted by Crippen LogP contribution is -2.13. The van der Waals surface area contributed by atoms with Gasteiger partial charge in [0, 0.05) is 11.6 Å². The first-order chi connectivity index (χ1) is 10.1. The molecule has 1 aliphatic rings. The average molecular weight is 286 g/mol. The van der Waals surface area contributed by atoms with Crippen molar-refractivity contribution in [2.75, 3.05) is 5.32 Å². The minimum atomic E-state index is -0.909. The Balaban J connectivity index is 1.75. The first kappa shape index (κ1) is 13.4. The number of aromatic nitrogens is 1. The van der Waals surface area contributed by atoms with Crippen LogP contribution in [-0.4, -0.2) is 22.1 Å². The fourth-order valence-corrected chi connectivity index (χ4v) is 2.20. The summed E-state index contributed by atoms with van der Waals surface area (Å²) < 4.78 is 4.89. The molecule has 1 fully saturated rings. The van der Waals surface area contributed by atoms with Crippen molar-refractivity contribution in [3.8, 4) is 0 Å². The Labute approximate surface area is 120 Å². The van der Waals surface area contributed by atoms with E-state index in [0.717, 1.165) is 12.8 Å². The van der Waals surface area contributed by atoms with E-state index in [-0.39, 0.29) is 12.3 Å². The van der Waals surface area contributed by atoms with Crippen LogP contribution in [0.3, 0.4) is 0 Å². The molecule has 2 aromatic rings. The molecule has 108 valence electrons. The van der Waals surface area contributed by atoms with E-state index in [1.54, 1.807) is 24.3 Å². The van der Waals surface area contributed by atoms with Gasteiger partial charge in [0.15, 0.2) is 0 Å². The summed E-state index contributed by atoms with van der Waals surface area (Å²) in [6, 6.07) is 6.78. The normalized spacial score (nSPS) is 13.9. The van der Waals surface area contributed by atoms with Crippen LogP contribution in [0.5, 0.6) is 0 Å². The van der Waals surface area contributed by atoms with Crippen molar-refractivity contribution >= 4 is 17.6 Å². The fourth-order valence-electron chi connectivity index (χ4n) is 2.20. The maximum Gasteiger partial charge on any atom is 0.307 e. The lowest BCUT2D eigenvalue weighted by molar-refractivity contribution is -0.136. The summed E-state index contributed by atoms with van der Waals surface area (Å²) in [5.74, 6) is -0.873. The SMILES string of the molecule is O=C(O)Cc1cccc(NC(=O)c2conc2C2CC2)c1. The van der Waals surface area contributed by atoms with E-state index in [0.29, 0.717) is 28.4 Å². The predicted molar refractivity (Wildman–Crippen MR) is 74.2 cm³/mol. The van der Waals surface area contributed by atoms with Gasteiger partial charge in [-0.05, 0) is 30.5 Å². The standard InChI is InChI=1S/C15H14N2O4/c18-13(19)7-9-2-1-3-11(6-9)16-15(20)12-8-21-17-14(12)10-4-5-10/h1-3,6,8,10H,4-5,7H2,(H,16,20)(H,18,19). The van der Waals surface area contributed by atoms with Crippen molar-refractivity contribution in [3.63, 3.8) is 0 Å². The van der Waals surface area contributed by atoms with Crippen LogP contribution in [0.25, 0.3) is 0 Å². The molecular weight excluding hydrogens is 272 g/mol. The van der Waals surface area contributed by atoms with Crippen molar-refractivity contribution in [3.05, 3.63) is 47.3 Å². The van der Waals surface area contributed by atoms with Crippen LogP contribution in [0.1, 0.15) is 40.4 Å². The Morgan fingerprint density at radius 2 is 2.19 bits per heavy atom. The number of nitrogens with one attached hydrogen (secondary N) is 1. The van der Waals surface area contributed by atoms with Gasteiger partial charge < -0.3 is 14.9 Å². The highest BCUT2D eigenvalue weighted by atomic mass is 16.5. The monoisotopic (exact) mass is 286 g/mol. The molecule has 21 heavy (non-hydrogen) atoms. The second-order valence-corrected chi connectivity index (χ2v) is 5.11. The largest absolute Gasteiger partial charge is 0.481 e. The molecule has 3 rings (SSSR count). The number of carbonyl (C=O) groups excluding carboxylic acids is 1. The number of rotatable bonds is 5. The summed E-state index contributed by atoms with van der Waals surface area (Å²) in [4.78, 5) is 22.9. The van der Waals surface area contributed by atoms with Crippen molar-refractivity contribution in [1.29, 1.82) is 0 Å². The third kappa shape index (κ3) is 3.10. The van der Waals surface area contributed by atoms with Gasteiger partial charge >= 0.3 is 5.97 Å². The predicted octanol–water partition coefficient (Wildman–Crippen LogP) is 2.43. The molecule has 1 aliphatic carbocycles. The lowest BCUT2D eigenvalue weighted by atomic mass is 10.1. The van der Waals surface area contributed by atoms with Crippen LogP contribution in [0.2, 0.25) is 0 Å². The van der Waals surface area contributed by atoms with E-state index < -0.39 is 5.97 Å². The highest BCUT2D eigenvalue weighted by molar-refractivity contribution is 6.05. The van der Waals surface area contributed by atoms with E-state index in [4.69, 9.17) is 9.63 Å². The molecule has 0 spiro atoms. The summed E-state index contributed by atoms with van der Waals surface area (Å²) in [7, 11) is 0. The van der Waals surface area contributed by atoms with E-state index in [2.05, 4.69) is 10.5 Å². The summed E-state index contributed by atoms with van der Waals surface area (Å²) in [5.41, 5.74) is 2.34. The quantitative estimate of drug-likeness (QED) is 0.880. The van der Waals surface area contributed by atoms with Gasteiger partial charge in [-0.1, -0.05) is 17.3 Å². The molecule has 0 aliphatic heterocycles. The molecule has 0 radical (unpaired) electrons. The number of anilines is 1. The van der Waals surface area contributed by atoms with E-state index in [9.17, 15) is 9.59 Å². The molecule has 0 bridgehead atoms. The summed E-state index contributed by atoms with van der Waals surface area (Å²) in [6.45, 7) is 0. The van der Waals surface area contributed by atoms with Gasteiger partial charge in [0.1, 0.15) is 11.8 Å². The van der Waals surface area contributed by atoms with E-state index >= 15 is 0 Å². The van der Waals surface area contributed by atoms with Crippen molar-refractivity contribution in [2.45, 2.75) is 25.2 Å². The zero-order valence-electron chi connectivity index (χ0n) is 11.2. The van der Waals surface area contributed by atoms with Gasteiger partial charge in [-0.3, -0.25) is 9.59 Å². The molecule has 6 nitrogen and oxygen atoms in total. The molecule has 0 atom stereocenters. The number of amides is 1. The zero-order chi connectivity index (χ0) is 14.8. The van der Waals surface area contributed by atoms with Crippen LogP contribution in [0, 0.1) is 0 Å². The number of carbonyl (C=O) groups is 2. The topological polar surface area (TPSA) is 92.4 Å². The van der Waals surface area contributed by atoms with Gasteiger partial charge in [0.2, 0.25) is 0 Å². The zero-order valence-corrected chi connectivity index (χ0v) is 11.2. The van der Waals surface area contributed by atoms with Gasteiger partial charge in [-0.15, -0.1) is 0 Å². The molecule has 1 amide bonds. The highest BCUT2D eigenvalue weighted by Gasteiger charge is 2.31. The molecule has 6 heteroatoms. The number of benzene rings is 1. The Kier molecular flexibility index (Phi) is 3.43. The first-order valence-corrected chi connectivity index (χ1v) is 6.70. The van der Waals surface area contributed by atoms with Crippen LogP contribution in [0.15, 0.2) is 35.1 Å². The second-order valence-electron chi connectivity index (χ2n) is 5.11. The minimum absolute atomic E-state index is 0.0791. The number of aliphatic carboxylic acids is 1. The van der Waals surface area contributed by atoms with Crippen LogP contribution >= 0.6 is 0 Å². The van der Waals surface area contributed by atoms with E-state index in [1.165, 1.54) is 6.26 Å². The van der Waals surface area contributed by atoms with Gasteiger partial charge in [0.25, 0.3) is 5.91 Å². The first-order valence-electron chi connectivity index (χ1n) is 6.70. The third-order valence-electron chi connectivity index (χ3n) is 3.35. The lowest BCUT2D eigenvalue weighted by Gasteiger charge is -2.06. The molecule has 1 heterocycles. The van der Waals surface area contributed by atoms with Crippen molar-refractivity contribution in [1.82, 2.24) is 5.16 Å². The minimum Gasteiger partial charge on any atom is -0.481 e. The van der Waals surface area contributed by atoms with Crippen LogP contribution in [0.4, 0.5) is 5.69 Å². The molecule has 2 N–H and O–H groups in total. The Morgan fingerprint density at radius 1 is 1.38 bits per heavy atom. The smallest absolute Gasteiger partial charge is 0.307 e. The molecule has 0 saturated heterocycles. The Morgan fingerprint density at radius 3 is 2.90 bits per heavy atom. The van der Waals surface area contributed by atoms with Crippen molar-refractivity contribution in [2.24, 2.45) is 0 Å². The summed E-state index contributed by atoms with van der Waals surface area (Å²) in [6.07, 6.45) is 3.33.